The van der Waals surface area contributed by atoms with Gasteiger partial charge >= 0.3 is 0 Å². The monoisotopic (exact) mass is 395 g/mol. The quantitative estimate of drug-likeness (QED) is 0.302. The number of aliphatic imine (C=N–C) groups is 1. The highest BCUT2D eigenvalue weighted by atomic mass is 127. The molecule has 3 unspecified atom stereocenters. The van der Waals surface area contributed by atoms with E-state index in [-0.39, 0.29) is 24.0 Å². The van der Waals surface area contributed by atoms with Crippen molar-refractivity contribution in [2.45, 2.75) is 77.0 Å². The molecule has 0 radical (unpaired) electrons. The molecule has 0 aliphatic carbocycles. The summed E-state index contributed by atoms with van der Waals surface area (Å²) in [6.45, 7) is 6.20. The number of ether oxygens (including phenoxy) is 1. The van der Waals surface area contributed by atoms with Gasteiger partial charge < -0.3 is 15.4 Å². The molecule has 2 bridgehead atoms. The Morgan fingerprint density at radius 2 is 2.05 bits per heavy atom. The van der Waals surface area contributed by atoms with Crippen LogP contribution in [0.25, 0.3) is 0 Å². The minimum Gasteiger partial charge on any atom is -0.373 e. The molecule has 2 N–H and O–H groups in total. The van der Waals surface area contributed by atoms with Crippen LogP contribution in [0.2, 0.25) is 0 Å². The van der Waals surface area contributed by atoms with Crippen LogP contribution in [0, 0.1) is 0 Å². The molecule has 5 heteroatoms. The van der Waals surface area contributed by atoms with Crippen LogP contribution in [0.3, 0.4) is 0 Å². The zero-order chi connectivity index (χ0) is 13.5. The predicted octanol–water partition coefficient (Wildman–Crippen LogP) is 3.06. The van der Waals surface area contributed by atoms with Crippen molar-refractivity contribution < 1.29 is 4.74 Å². The summed E-state index contributed by atoms with van der Waals surface area (Å²) in [4.78, 5) is 4.67. The number of nitrogens with one attached hydrogen (secondary N) is 2. The van der Waals surface area contributed by atoms with E-state index in [0.29, 0.717) is 18.2 Å². The van der Waals surface area contributed by atoms with Crippen molar-refractivity contribution in [2.75, 3.05) is 13.1 Å². The Bertz CT molecular complexity index is 299. The summed E-state index contributed by atoms with van der Waals surface area (Å²) in [6, 6.07) is 0.465. The predicted molar refractivity (Wildman–Crippen MR) is 95.0 cm³/mol. The molecule has 2 fully saturated rings. The van der Waals surface area contributed by atoms with E-state index < -0.39 is 0 Å². The van der Waals surface area contributed by atoms with E-state index >= 15 is 0 Å². The van der Waals surface area contributed by atoms with Crippen LogP contribution in [-0.2, 0) is 4.74 Å². The average Bonchev–Trinajstić information content (AvgIpc) is 3.01. The number of guanidine groups is 1. The zero-order valence-electron chi connectivity index (χ0n) is 12.9. The number of hydrogen-bond acceptors (Lipinski definition) is 2. The molecule has 0 aromatic heterocycles. The first-order chi connectivity index (χ1) is 9.33. The van der Waals surface area contributed by atoms with E-state index in [1.165, 1.54) is 38.5 Å². The van der Waals surface area contributed by atoms with Crippen molar-refractivity contribution in [1.29, 1.82) is 0 Å². The van der Waals surface area contributed by atoms with E-state index in [2.05, 4.69) is 29.5 Å². The Hall–Kier alpha value is -0.0400. The molecule has 0 aromatic carbocycles. The van der Waals surface area contributed by atoms with Gasteiger partial charge in [0.2, 0.25) is 0 Å². The fourth-order valence-corrected chi connectivity index (χ4v) is 3.01. The smallest absolute Gasteiger partial charge is 0.191 e. The second-order valence-electron chi connectivity index (χ2n) is 5.68. The number of fused-ring (bicyclic) bond motifs is 2. The molecule has 2 rings (SSSR count). The molecule has 0 spiro atoms. The van der Waals surface area contributed by atoms with Crippen LogP contribution in [0.15, 0.2) is 4.99 Å². The van der Waals surface area contributed by atoms with E-state index in [9.17, 15) is 0 Å². The summed E-state index contributed by atoms with van der Waals surface area (Å²) in [5, 5.41) is 6.90. The van der Waals surface area contributed by atoms with Crippen LogP contribution in [-0.4, -0.2) is 37.3 Å². The van der Waals surface area contributed by atoms with Gasteiger partial charge in [-0.05, 0) is 32.6 Å². The molecule has 0 amide bonds. The van der Waals surface area contributed by atoms with E-state index in [4.69, 9.17) is 4.74 Å². The summed E-state index contributed by atoms with van der Waals surface area (Å²) in [6.07, 6.45) is 9.58. The van der Waals surface area contributed by atoms with Gasteiger partial charge in [-0.1, -0.05) is 26.2 Å². The third kappa shape index (κ3) is 5.39. The average molecular weight is 395 g/mol. The number of hydrogen-bond donors (Lipinski definition) is 2. The van der Waals surface area contributed by atoms with Crippen molar-refractivity contribution >= 4 is 29.9 Å². The van der Waals surface area contributed by atoms with E-state index in [0.717, 1.165) is 25.5 Å². The number of unbranched alkanes of at least 4 members (excludes halogenated alkanes) is 3. The maximum atomic E-state index is 5.88. The third-order valence-electron chi connectivity index (χ3n) is 4.05. The molecule has 2 saturated heterocycles. The second-order valence-corrected chi connectivity index (χ2v) is 5.68. The maximum absolute atomic E-state index is 5.88. The van der Waals surface area contributed by atoms with E-state index in [1.54, 1.807) is 0 Å². The lowest BCUT2D eigenvalue weighted by Crippen LogP contribution is -2.47. The normalized spacial score (nSPS) is 28.3. The highest BCUT2D eigenvalue weighted by molar-refractivity contribution is 14.0. The Balaban J connectivity index is 0.00000200. The standard InChI is InChI=1S/C15H29N3O.HI/c1-3-5-6-7-10-17-15(16-4-2)18-13-11-12-8-9-14(13)19-12;/h12-14H,3-11H2,1-2H3,(H2,16,17,18);1H. The topological polar surface area (TPSA) is 45.7 Å². The van der Waals surface area contributed by atoms with Crippen molar-refractivity contribution in [1.82, 2.24) is 10.6 Å². The first-order valence-corrected chi connectivity index (χ1v) is 8.03. The molecule has 20 heavy (non-hydrogen) atoms. The fraction of sp³-hybridized carbons (Fsp3) is 0.933. The molecule has 0 aromatic rings. The molecular formula is C15H30IN3O. The number of halogens is 1. The van der Waals surface area contributed by atoms with Crippen molar-refractivity contribution in [3.8, 4) is 0 Å². The van der Waals surface area contributed by atoms with Gasteiger partial charge in [-0.15, -0.1) is 24.0 Å². The molecule has 4 nitrogen and oxygen atoms in total. The minimum atomic E-state index is 0. The summed E-state index contributed by atoms with van der Waals surface area (Å²) in [5.41, 5.74) is 0. The van der Waals surface area contributed by atoms with Crippen LogP contribution < -0.4 is 10.6 Å². The molecule has 118 valence electrons. The van der Waals surface area contributed by atoms with Gasteiger partial charge in [-0.3, -0.25) is 4.99 Å². The second kappa shape index (κ2) is 9.82. The molecule has 2 aliphatic heterocycles. The summed E-state index contributed by atoms with van der Waals surface area (Å²) >= 11 is 0. The van der Waals surface area contributed by atoms with E-state index in [1.807, 2.05) is 0 Å². The Labute approximate surface area is 140 Å². The van der Waals surface area contributed by atoms with Gasteiger partial charge in [-0.25, -0.2) is 0 Å². The Morgan fingerprint density at radius 3 is 2.65 bits per heavy atom. The largest absolute Gasteiger partial charge is 0.373 e. The SMILES string of the molecule is CCCCCCN=C(NCC)NC1CC2CCC1O2.I. The van der Waals surface area contributed by atoms with Crippen LogP contribution in [0.4, 0.5) is 0 Å². The van der Waals surface area contributed by atoms with Crippen LogP contribution in [0.5, 0.6) is 0 Å². The lowest BCUT2D eigenvalue weighted by molar-refractivity contribution is 0.0992. The lowest BCUT2D eigenvalue weighted by Gasteiger charge is -2.22. The third-order valence-corrected chi connectivity index (χ3v) is 4.05. The minimum absolute atomic E-state index is 0. The van der Waals surface area contributed by atoms with Crippen LogP contribution >= 0.6 is 24.0 Å². The fourth-order valence-electron chi connectivity index (χ4n) is 3.01. The summed E-state index contributed by atoms with van der Waals surface area (Å²) in [5.74, 6) is 0.972. The first kappa shape index (κ1) is 18.0. The molecule has 2 aliphatic rings. The number of nitrogens with zero attached hydrogens (tertiary/aromatic N) is 1. The van der Waals surface area contributed by atoms with Gasteiger partial charge in [0.15, 0.2) is 5.96 Å². The maximum Gasteiger partial charge on any atom is 0.191 e. The van der Waals surface area contributed by atoms with Crippen molar-refractivity contribution in [3.05, 3.63) is 0 Å². The zero-order valence-corrected chi connectivity index (χ0v) is 15.2. The van der Waals surface area contributed by atoms with Gasteiger partial charge in [0.05, 0.1) is 18.2 Å². The lowest BCUT2D eigenvalue weighted by atomic mass is 9.96. The first-order valence-electron chi connectivity index (χ1n) is 8.03. The summed E-state index contributed by atoms with van der Waals surface area (Å²) < 4.78 is 5.88. The Morgan fingerprint density at radius 1 is 1.20 bits per heavy atom. The molecule has 2 heterocycles. The molecular weight excluding hydrogens is 365 g/mol. The molecule has 0 saturated carbocycles. The van der Waals surface area contributed by atoms with Crippen molar-refractivity contribution in [2.24, 2.45) is 4.99 Å². The number of rotatable bonds is 7. The highest BCUT2D eigenvalue weighted by Crippen LogP contribution is 2.34. The van der Waals surface area contributed by atoms with Crippen molar-refractivity contribution in [3.63, 3.8) is 0 Å². The Kier molecular flexibility index (Phi) is 8.84. The molecule has 3 atom stereocenters. The van der Waals surface area contributed by atoms with Gasteiger partial charge in [0.25, 0.3) is 0 Å². The highest BCUT2D eigenvalue weighted by Gasteiger charge is 2.41. The van der Waals surface area contributed by atoms with Gasteiger partial charge in [0, 0.05) is 13.1 Å². The van der Waals surface area contributed by atoms with Gasteiger partial charge in [0.1, 0.15) is 0 Å². The summed E-state index contributed by atoms with van der Waals surface area (Å²) in [7, 11) is 0. The van der Waals surface area contributed by atoms with Crippen LogP contribution in [0.1, 0.15) is 58.8 Å². The van der Waals surface area contributed by atoms with Gasteiger partial charge in [-0.2, -0.15) is 0 Å².